The first-order valence-electron chi connectivity index (χ1n) is 9.04. The van der Waals surface area contributed by atoms with Crippen LogP contribution in [0.25, 0.3) is 0 Å². The largest absolute Gasteiger partial charge is 0.465 e. The Labute approximate surface area is 192 Å². The van der Waals surface area contributed by atoms with Crippen LogP contribution in [-0.2, 0) is 20.7 Å². The van der Waals surface area contributed by atoms with Gasteiger partial charge in [-0.2, -0.15) is 0 Å². The number of carbonyl (C=O) groups excluding carboxylic acids is 3. The molecule has 0 radical (unpaired) electrons. The molecule has 0 spiro atoms. The second-order valence-corrected chi connectivity index (χ2v) is 8.76. The van der Waals surface area contributed by atoms with E-state index in [9.17, 15) is 14.4 Å². The Morgan fingerprint density at radius 3 is 2.26 bits per heavy atom. The summed E-state index contributed by atoms with van der Waals surface area (Å²) in [6.45, 7) is 0. The molecule has 7 nitrogen and oxygen atoms in total. The van der Waals surface area contributed by atoms with Crippen LogP contribution in [0.2, 0.25) is 5.02 Å². The molecule has 10 heteroatoms. The first-order valence-corrected chi connectivity index (χ1v) is 11.3. The van der Waals surface area contributed by atoms with Gasteiger partial charge in [0.25, 0.3) is 0 Å². The van der Waals surface area contributed by atoms with Crippen LogP contribution in [0.15, 0.2) is 58.3 Å². The number of aromatic nitrogens is 1. The van der Waals surface area contributed by atoms with E-state index in [0.29, 0.717) is 32.0 Å². The summed E-state index contributed by atoms with van der Waals surface area (Å²) < 4.78 is 5.35. The zero-order valence-corrected chi connectivity index (χ0v) is 18.8. The molecule has 2 N–H and O–H groups in total. The molecule has 160 valence electrons. The van der Waals surface area contributed by atoms with Gasteiger partial charge < -0.3 is 15.4 Å². The summed E-state index contributed by atoms with van der Waals surface area (Å²) in [6, 6.07) is 13.3. The fraction of sp³-hybridized carbons (Fsp3) is 0.143. The predicted molar refractivity (Wildman–Crippen MR) is 123 cm³/mol. The van der Waals surface area contributed by atoms with E-state index in [1.54, 1.807) is 53.9 Å². The third-order valence-electron chi connectivity index (χ3n) is 3.92. The molecule has 3 aromatic rings. The van der Waals surface area contributed by atoms with E-state index in [1.807, 2.05) is 0 Å². The van der Waals surface area contributed by atoms with Gasteiger partial charge in [0.2, 0.25) is 11.8 Å². The molecule has 0 bridgehead atoms. The normalized spacial score (nSPS) is 10.4. The van der Waals surface area contributed by atoms with Crippen LogP contribution in [0.3, 0.4) is 0 Å². The Balaban J connectivity index is 1.45. The minimum atomic E-state index is -0.438. The lowest BCUT2D eigenvalue weighted by molar-refractivity contribution is -0.116. The Kier molecular flexibility index (Phi) is 8.05. The number of carbonyl (C=O) groups is 3. The molecule has 1 aromatic heterocycles. The number of methoxy groups -OCH3 is 1. The van der Waals surface area contributed by atoms with Gasteiger partial charge in [-0.3, -0.25) is 9.59 Å². The van der Waals surface area contributed by atoms with Gasteiger partial charge in [-0.1, -0.05) is 23.4 Å². The molecule has 0 atom stereocenters. The van der Waals surface area contributed by atoms with Crippen molar-refractivity contribution in [3.63, 3.8) is 0 Å². The Morgan fingerprint density at radius 1 is 1.00 bits per heavy atom. The van der Waals surface area contributed by atoms with E-state index in [0.717, 1.165) is 0 Å². The highest BCUT2D eigenvalue weighted by atomic mass is 35.5. The van der Waals surface area contributed by atoms with Crippen molar-refractivity contribution in [2.24, 2.45) is 0 Å². The van der Waals surface area contributed by atoms with E-state index in [2.05, 4.69) is 20.4 Å². The Hall–Kier alpha value is -2.88. The van der Waals surface area contributed by atoms with Gasteiger partial charge in [0.15, 0.2) is 4.34 Å². The molecule has 0 aliphatic rings. The lowest BCUT2D eigenvalue weighted by Gasteiger charge is -2.05. The second-order valence-electron chi connectivity index (χ2n) is 6.24. The van der Waals surface area contributed by atoms with Crippen LogP contribution >= 0.6 is 34.7 Å². The van der Waals surface area contributed by atoms with Crippen molar-refractivity contribution in [1.29, 1.82) is 0 Å². The number of ether oxygens (including phenoxy) is 1. The van der Waals surface area contributed by atoms with E-state index < -0.39 is 5.97 Å². The summed E-state index contributed by atoms with van der Waals surface area (Å²) >= 11 is 8.51. The fourth-order valence-electron chi connectivity index (χ4n) is 2.47. The van der Waals surface area contributed by atoms with Crippen molar-refractivity contribution in [3.8, 4) is 0 Å². The second kappa shape index (κ2) is 10.9. The number of rotatable bonds is 8. The van der Waals surface area contributed by atoms with Crippen molar-refractivity contribution in [2.75, 3.05) is 23.5 Å². The summed E-state index contributed by atoms with van der Waals surface area (Å²) in [7, 11) is 1.31. The SMILES string of the molecule is COC(=O)c1ccc(NC(=O)Cc2csc(SCC(=O)Nc3ccc(Cl)cc3)n2)cc1. The van der Waals surface area contributed by atoms with Gasteiger partial charge >= 0.3 is 5.97 Å². The number of nitrogens with one attached hydrogen (secondary N) is 2. The van der Waals surface area contributed by atoms with Crippen molar-refractivity contribution in [1.82, 2.24) is 4.98 Å². The standard InChI is InChI=1S/C21H18ClN3O4S2/c1-29-20(28)13-2-6-15(7-3-13)23-18(26)10-17-11-30-21(25-17)31-12-19(27)24-16-8-4-14(22)5-9-16/h2-9,11H,10,12H2,1H3,(H,23,26)(H,24,27). The third-order valence-corrected chi connectivity index (χ3v) is 6.24. The molecule has 0 saturated heterocycles. The van der Waals surface area contributed by atoms with Crippen molar-refractivity contribution in [3.05, 3.63) is 70.2 Å². The van der Waals surface area contributed by atoms with E-state index >= 15 is 0 Å². The molecule has 3 rings (SSSR count). The molecule has 0 saturated carbocycles. The highest BCUT2D eigenvalue weighted by Crippen LogP contribution is 2.23. The molecule has 31 heavy (non-hydrogen) atoms. The highest BCUT2D eigenvalue weighted by Gasteiger charge is 2.11. The zero-order chi connectivity index (χ0) is 22.2. The van der Waals surface area contributed by atoms with Crippen LogP contribution in [0.1, 0.15) is 16.1 Å². The van der Waals surface area contributed by atoms with Crippen LogP contribution < -0.4 is 10.6 Å². The minimum Gasteiger partial charge on any atom is -0.465 e. The number of hydrogen-bond donors (Lipinski definition) is 2. The number of esters is 1. The molecule has 0 unspecified atom stereocenters. The lowest BCUT2D eigenvalue weighted by Crippen LogP contribution is -2.15. The maximum absolute atomic E-state index is 12.2. The van der Waals surface area contributed by atoms with Crippen molar-refractivity contribution >= 4 is 63.9 Å². The summed E-state index contributed by atoms with van der Waals surface area (Å²) in [4.78, 5) is 40.1. The number of thiazole rings is 1. The number of halogens is 1. The summed E-state index contributed by atoms with van der Waals surface area (Å²) in [5, 5.41) is 7.94. The molecule has 1 heterocycles. The topological polar surface area (TPSA) is 97.4 Å². The predicted octanol–water partition coefficient (Wildman–Crippen LogP) is 4.50. The first-order chi connectivity index (χ1) is 14.9. The number of benzene rings is 2. The van der Waals surface area contributed by atoms with Gasteiger partial charge in [0, 0.05) is 21.8 Å². The van der Waals surface area contributed by atoms with Gasteiger partial charge in [0.05, 0.1) is 30.5 Å². The van der Waals surface area contributed by atoms with Gasteiger partial charge in [-0.25, -0.2) is 9.78 Å². The minimum absolute atomic E-state index is 0.104. The molecular weight excluding hydrogens is 458 g/mol. The Morgan fingerprint density at radius 2 is 1.61 bits per heavy atom. The molecule has 0 aliphatic carbocycles. The summed E-state index contributed by atoms with van der Waals surface area (Å²) in [5.74, 6) is -0.619. The lowest BCUT2D eigenvalue weighted by atomic mass is 10.2. The van der Waals surface area contributed by atoms with Crippen molar-refractivity contribution < 1.29 is 19.1 Å². The highest BCUT2D eigenvalue weighted by molar-refractivity contribution is 8.01. The number of hydrogen-bond acceptors (Lipinski definition) is 7. The zero-order valence-electron chi connectivity index (χ0n) is 16.4. The fourth-order valence-corrected chi connectivity index (χ4v) is 4.24. The molecular formula is C21H18ClN3O4S2. The average Bonchev–Trinajstić information content (AvgIpc) is 3.21. The smallest absolute Gasteiger partial charge is 0.337 e. The summed E-state index contributed by atoms with van der Waals surface area (Å²) in [6.07, 6.45) is 0.104. The molecule has 0 aliphatic heterocycles. The maximum atomic E-state index is 12.2. The third kappa shape index (κ3) is 7.09. The number of nitrogens with zero attached hydrogens (tertiary/aromatic N) is 1. The first kappa shape index (κ1) is 22.8. The van der Waals surface area contributed by atoms with Gasteiger partial charge in [-0.15, -0.1) is 11.3 Å². The van der Waals surface area contributed by atoms with Crippen LogP contribution in [0, 0.1) is 0 Å². The van der Waals surface area contributed by atoms with Crippen LogP contribution in [-0.4, -0.2) is 35.6 Å². The summed E-state index contributed by atoms with van der Waals surface area (Å²) in [5.41, 5.74) is 2.27. The quantitative estimate of drug-likeness (QED) is 0.368. The van der Waals surface area contributed by atoms with Gasteiger partial charge in [-0.05, 0) is 48.5 Å². The van der Waals surface area contributed by atoms with Crippen LogP contribution in [0.4, 0.5) is 11.4 Å². The van der Waals surface area contributed by atoms with Crippen LogP contribution in [0.5, 0.6) is 0 Å². The molecule has 2 amide bonds. The Bertz CT molecular complexity index is 1070. The maximum Gasteiger partial charge on any atom is 0.337 e. The number of anilines is 2. The monoisotopic (exact) mass is 475 g/mol. The number of amides is 2. The van der Waals surface area contributed by atoms with E-state index in [-0.39, 0.29) is 24.0 Å². The van der Waals surface area contributed by atoms with Crippen molar-refractivity contribution in [2.45, 2.75) is 10.8 Å². The van der Waals surface area contributed by atoms with Gasteiger partial charge in [0.1, 0.15) is 0 Å². The average molecular weight is 476 g/mol. The number of thioether (sulfide) groups is 1. The molecule has 2 aromatic carbocycles. The van der Waals surface area contributed by atoms with E-state index in [1.165, 1.54) is 30.2 Å². The van der Waals surface area contributed by atoms with E-state index in [4.69, 9.17) is 11.6 Å². The molecule has 0 fully saturated rings.